The summed E-state index contributed by atoms with van der Waals surface area (Å²) >= 11 is 0. The van der Waals surface area contributed by atoms with E-state index >= 15 is 0 Å². The average Bonchev–Trinajstić information content (AvgIpc) is 2.04. The van der Waals surface area contributed by atoms with E-state index in [1.54, 1.807) is 6.92 Å². The zero-order valence-electron chi connectivity index (χ0n) is 11.9. The lowest BCUT2D eigenvalue weighted by molar-refractivity contribution is -0.108. The van der Waals surface area contributed by atoms with Crippen LogP contribution in [0.3, 0.4) is 0 Å². The molecule has 0 aromatic carbocycles. The highest BCUT2D eigenvalue weighted by Crippen LogP contribution is 2.16. The summed E-state index contributed by atoms with van der Waals surface area (Å²) < 4.78 is 119. The molecule has 0 rings (SSSR count). The summed E-state index contributed by atoms with van der Waals surface area (Å²) in [5, 5.41) is 16.5. The van der Waals surface area contributed by atoms with Gasteiger partial charge in [0.05, 0.1) is 6.10 Å². The van der Waals surface area contributed by atoms with Crippen LogP contribution in [-0.4, -0.2) is 72.7 Å². The van der Waals surface area contributed by atoms with E-state index in [-0.39, 0.29) is 12.7 Å². The summed E-state index contributed by atoms with van der Waals surface area (Å²) in [7, 11) is -9.81. The Morgan fingerprint density at radius 2 is 1.08 bits per heavy atom. The molecule has 0 aliphatic rings. The zero-order valence-corrected chi connectivity index (χ0v) is 13.5. The van der Waals surface area contributed by atoms with Crippen LogP contribution in [0.25, 0.3) is 0 Å². The van der Waals surface area contributed by atoms with Gasteiger partial charge in [0.15, 0.2) is 11.5 Å². The van der Waals surface area contributed by atoms with Crippen molar-refractivity contribution in [3.05, 3.63) is 0 Å². The summed E-state index contributed by atoms with van der Waals surface area (Å²) in [6.45, 7) is 1.73. The first-order valence-electron chi connectivity index (χ1n) is 5.51. The minimum absolute atomic E-state index is 0.0810. The van der Waals surface area contributed by atoms with Gasteiger partial charge >= 0.3 is 12.4 Å². The van der Waals surface area contributed by atoms with Crippen LogP contribution in [0.4, 0.5) is 26.3 Å². The van der Waals surface area contributed by atoms with E-state index < -0.39 is 44.1 Å². The second-order valence-electron chi connectivity index (χ2n) is 4.04. The van der Waals surface area contributed by atoms with Crippen LogP contribution in [0.5, 0.6) is 0 Å². The second-order valence-corrected chi connectivity index (χ2v) is 6.95. The van der Waals surface area contributed by atoms with Crippen molar-refractivity contribution >= 4 is 20.2 Å². The summed E-state index contributed by atoms with van der Waals surface area (Å²) in [5.41, 5.74) is 0. The topological polar surface area (TPSA) is 149 Å². The number of rotatable bonds is 4. The van der Waals surface area contributed by atoms with Crippen molar-refractivity contribution in [3.8, 4) is 0 Å². The fraction of sp³-hybridized carbons (Fsp3) is 1.00. The molecule has 1 atom stereocenters. The van der Waals surface area contributed by atoms with E-state index in [0.717, 1.165) is 0 Å². The van der Waals surface area contributed by atoms with Gasteiger partial charge in [0, 0.05) is 6.61 Å². The summed E-state index contributed by atoms with van der Waals surface area (Å²) in [4.78, 5) is 0. The highest BCUT2D eigenvalue weighted by Gasteiger charge is 2.34. The normalized spacial score (nSPS) is 14.0. The quantitative estimate of drug-likeness (QED) is 0.384. The lowest BCUT2D eigenvalue weighted by Crippen LogP contribution is -2.21. The molecule has 0 aromatic heterocycles. The maximum absolute atomic E-state index is 11.0. The monoisotopic (exact) mass is 418 g/mol. The molecule has 150 valence electrons. The van der Waals surface area contributed by atoms with Crippen LogP contribution < -0.4 is 0 Å². The fourth-order valence-electron chi connectivity index (χ4n) is 0.600. The molecule has 0 saturated heterocycles. The molecule has 8 nitrogen and oxygen atoms in total. The molecule has 4 N–H and O–H groups in total. The van der Waals surface area contributed by atoms with E-state index in [1.807, 2.05) is 0 Å². The Labute approximate surface area is 133 Å². The fourth-order valence-corrected chi connectivity index (χ4v) is 1.43. The van der Waals surface area contributed by atoms with Crippen LogP contribution in [0.2, 0.25) is 0 Å². The predicted molar refractivity (Wildman–Crippen MR) is 68.3 cm³/mol. The van der Waals surface area contributed by atoms with Crippen LogP contribution in [0, 0.1) is 0 Å². The third-order valence-corrected chi connectivity index (χ3v) is 2.62. The van der Waals surface area contributed by atoms with Crippen LogP contribution >= 0.6 is 0 Å². The van der Waals surface area contributed by atoms with E-state index in [4.69, 9.17) is 19.3 Å². The molecule has 0 fully saturated rings. The molecule has 0 aliphatic carbocycles. The maximum Gasteiger partial charge on any atom is 0.405 e. The number of aliphatic hydroxyl groups is 2. The number of alkyl halides is 6. The second kappa shape index (κ2) is 11.0. The molecule has 16 heteroatoms. The van der Waals surface area contributed by atoms with Gasteiger partial charge in [0.2, 0.25) is 0 Å². The lowest BCUT2D eigenvalue weighted by Gasteiger charge is -2.00. The molecule has 24 heavy (non-hydrogen) atoms. The molecule has 0 spiro atoms. The van der Waals surface area contributed by atoms with E-state index in [2.05, 4.69) is 0 Å². The van der Waals surface area contributed by atoms with Crippen molar-refractivity contribution in [2.24, 2.45) is 0 Å². The largest absolute Gasteiger partial charge is 0.405 e. The number of halogens is 6. The van der Waals surface area contributed by atoms with Crippen molar-refractivity contribution in [2.75, 3.05) is 18.1 Å². The third kappa shape index (κ3) is 42.9. The maximum atomic E-state index is 11.0. The number of hydrogen-bond acceptors (Lipinski definition) is 6. The van der Waals surface area contributed by atoms with Crippen LogP contribution in [-0.2, 0) is 20.2 Å². The summed E-state index contributed by atoms with van der Waals surface area (Å²) in [6, 6.07) is 0. The zero-order chi connectivity index (χ0) is 20.4. The van der Waals surface area contributed by atoms with Gasteiger partial charge in [-0.3, -0.25) is 9.11 Å². The smallest absolute Gasteiger partial charge is 0.396 e. The molecular weight excluding hydrogens is 402 g/mol. The van der Waals surface area contributed by atoms with E-state index in [0.29, 0.717) is 6.42 Å². The molecule has 0 aromatic rings. The highest BCUT2D eigenvalue weighted by atomic mass is 32.2. The molecule has 1 unspecified atom stereocenters. The first kappa shape index (κ1) is 28.1. The Bertz CT molecular complexity index is 478. The molecule has 0 amide bonds. The van der Waals surface area contributed by atoms with Gasteiger partial charge in [0.1, 0.15) is 0 Å². The van der Waals surface area contributed by atoms with Crippen LogP contribution in [0.1, 0.15) is 13.3 Å². The Hall–Kier alpha value is -0.680. The summed E-state index contributed by atoms with van der Waals surface area (Å²) in [5.74, 6) is -4.36. The Balaban J connectivity index is -0.000000282. The minimum atomic E-state index is -4.91. The van der Waals surface area contributed by atoms with Gasteiger partial charge in [-0.05, 0) is 13.3 Å². The molecule has 0 heterocycles. The van der Waals surface area contributed by atoms with Gasteiger partial charge in [-0.15, -0.1) is 0 Å². The van der Waals surface area contributed by atoms with Crippen molar-refractivity contribution in [1.29, 1.82) is 0 Å². The lowest BCUT2D eigenvalue weighted by atomic mass is 10.3. The molecule has 0 radical (unpaired) electrons. The van der Waals surface area contributed by atoms with Crippen molar-refractivity contribution in [1.82, 2.24) is 0 Å². The average molecular weight is 418 g/mol. The molecular formula is C8H16F6O8S2. The van der Waals surface area contributed by atoms with E-state index in [9.17, 15) is 43.2 Å². The van der Waals surface area contributed by atoms with Gasteiger partial charge in [-0.25, -0.2) is 0 Å². The Kier molecular flexibility index (Phi) is 12.9. The van der Waals surface area contributed by atoms with E-state index in [1.165, 1.54) is 0 Å². The predicted octanol–water partition coefficient (Wildman–Crippen LogP) is 0.623. The first-order valence-corrected chi connectivity index (χ1v) is 8.73. The Morgan fingerprint density at radius 3 is 1.08 bits per heavy atom. The number of aliphatic hydroxyl groups excluding tert-OH is 2. The summed E-state index contributed by atoms with van der Waals surface area (Å²) in [6.07, 6.45) is -9.57. The van der Waals surface area contributed by atoms with Gasteiger partial charge < -0.3 is 10.2 Å². The molecule has 0 saturated carbocycles. The van der Waals surface area contributed by atoms with Crippen molar-refractivity contribution in [3.63, 3.8) is 0 Å². The first-order chi connectivity index (χ1) is 10.2. The number of hydrogen-bond donors (Lipinski definition) is 4. The SMILES string of the molecule is CC(O)CCO.O=S(=O)(O)CC(F)(F)F.O=S(=O)(O)CC(F)(F)F. The Morgan fingerprint density at radius 1 is 0.833 bits per heavy atom. The molecule has 0 bridgehead atoms. The van der Waals surface area contributed by atoms with Gasteiger partial charge in [-0.2, -0.15) is 43.2 Å². The van der Waals surface area contributed by atoms with Gasteiger partial charge in [-0.1, -0.05) is 0 Å². The molecule has 0 aliphatic heterocycles. The van der Waals surface area contributed by atoms with Crippen LogP contribution in [0.15, 0.2) is 0 Å². The standard InChI is InChI=1S/C4H10O2.2C2H3F3O3S/c1-4(6)2-3-5;2*3-2(4,5)1-9(6,7)8/h4-6H,2-3H2,1H3;2*1H2,(H,6,7,8). The van der Waals surface area contributed by atoms with Crippen molar-refractivity contribution < 1.29 is 62.5 Å². The van der Waals surface area contributed by atoms with Crippen molar-refractivity contribution in [2.45, 2.75) is 31.8 Å². The minimum Gasteiger partial charge on any atom is -0.396 e. The van der Waals surface area contributed by atoms with Gasteiger partial charge in [0.25, 0.3) is 20.2 Å². The highest BCUT2D eigenvalue weighted by molar-refractivity contribution is 7.86. The third-order valence-electron chi connectivity index (χ3n) is 1.24.